The van der Waals surface area contributed by atoms with Gasteiger partial charge in [0.05, 0.1) is 15.6 Å². The highest BCUT2D eigenvalue weighted by atomic mass is 35.5. The van der Waals surface area contributed by atoms with Gasteiger partial charge in [0, 0.05) is 6.20 Å². The molecular weight excluding hydrogens is 239 g/mol. The number of halogens is 4. The minimum absolute atomic E-state index is 0.00273. The fourth-order valence-electron chi connectivity index (χ4n) is 0.765. The number of nitrogens with zero attached hydrogens (tertiary/aromatic N) is 1. The van der Waals surface area contributed by atoms with Gasteiger partial charge in [0.15, 0.2) is 12.5 Å². The summed E-state index contributed by atoms with van der Waals surface area (Å²) in [5.41, 5.74) is -0.120. The Morgan fingerprint density at radius 2 is 2.08 bits per heavy atom. The number of alkyl halides is 1. The van der Waals surface area contributed by atoms with Crippen molar-refractivity contribution in [2.45, 2.75) is 0 Å². The van der Waals surface area contributed by atoms with Crippen LogP contribution in [0.15, 0.2) is 6.20 Å². The van der Waals surface area contributed by atoms with E-state index in [0.29, 0.717) is 0 Å². The Balaban J connectivity index is 3.33. The molecule has 0 saturated carbocycles. The van der Waals surface area contributed by atoms with Crippen LogP contribution in [0, 0.1) is 0 Å². The van der Waals surface area contributed by atoms with Crippen molar-refractivity contribution in [1.29, 1.82) is 0 Å². The molecule has 0 amide bonds. The number of aromatic nitrogens is 1. The maximum Gasteiger partial charge on any atom is 0.196 e. The van der Waals surface area contributed by atoms with E-state index in [1.165, 1.54) is 0 Å². The molecule has 0 N–H and O–H groups in total. The molecule has 0 aliphatic heterocycles. The summed E-state index contributed by atoms with van der Waals surface area (Å²) in [5.74, 6) is -0.806. The van der Waals surface area contributed by atoms with Crippen LogP contribution < -0.4 is 0 Å². The molecule has 1 heterocycles. The number of rotatable bonds is 2. The first-order valence-electron chi connectivity index (χ1n) is 3.16. The van der Waals surface area contributed by atoms with Crippen LogP contribution in [0.3, 0.4) is 0 Å². The largest absolute Gasteiger partial charge is 0.291 e. The van der Waals surface area contributed by atoms with Crippen LogP contribution in [-0.2, 0) is 0 Å². The summed E-state index contributed by atoms with van der Waals surface area (Å²) in [5, 5.41) is -0.184. The number of hydrogen-bond acceptors (Lipinski definition) is 2. The number of Topliss-reactive ketones (excluding diaryl/α,β-unsaturated/α-hetero) is 1. The molecule has 0 aromatic carbocycles. The van der Waals surface area contributed by atoms with Crippen LogP contribution >= 0.6 is 34.8 Å². The summed E-state index contributed by atoms with van der Waals surface area (Å²) in [6.45, 7) is -1.17. The van der Waals surface area contributed by atoms with Crippen molar-refractivity contribution < 1.29 is 9.18 Å². The topological polar surface area (TPSA) is 30.0 Å². The zero-order chi connectivity index (χ0) is 10.0. The Labute approximate surface area is 88.6 Å². The molecule has 0 aliphatic rings. The third kappa shape index (κ3) is 2.10. The van der Waals surface area contributed by atoms with Crippen LogP contribution in [0.25, 0.3) is 0 Å². The van der Waals surface area contributed by atoms with Crippen molar-refractivity contribution in [2.75, 3.05) is 6.67 Å². The quantitative estimate of drug-likeness (QED) is 0.589. The Morgan fingerprint density at radius 1 is 1.46 bits per heavy atom. The SMILES string of the molecule is O=C(CF)c1c(Cl)cnc(Cl)c1Cl. The summed E-state index contributed by atoms with van der Waals surface area (Å²) < 4.78 is 12.0. The van der Waals surface area contributed by atoms with E-state index in [1.54, 1.807) is 0 Å². The molecule has 2 nitrogen and oxygen atoms in total. The van der Waals surface area contributed by atoms with Gasteiger partial charge in [-0.05, 0) is 0 Å². The molecule has 0 saturated heterocycles. The standard InChI is InChI=1S/C7H3Cl3FNO/c8-3-2-12-7(10)6(9)5(3)4(13)1-11/h2H,1H2. The maximum absolute atomic E-state index is 12.0. The fourth-order valence-corrected chi connectivity index (χ4v) is 1.46. The Kier molecular flexibility index (Phi) is 3.47. The zero-order valence-electron chi connectivity index (χ0n) is 6.15. The van der Waals surface area contributed by atoms with Gasteiger partial charge in [-0.25, -0.2) is 9.37 Å². The summed E-state index contributed by atoms with van der Waals surface area (Å²) in [4.78, 5) is 14.6. The lowest BCUT2D eigenvalue weighted by Gasteiger charge is -2.03. The van der Waals surface area contributed by atoms with Crippen LogP contribution in [-0.4, -0.2) is 17.4 Å². The molecule has 0 atom stereocenters. The minimum atomic E-state index is -1.17. The predicted molar refractivity (Wildman–Crippen MR) is 49.6 cm³/mol. The van der Waals surface area contributed by atoms with E-state index in [0.717, 1.165) is 6.20 Å². The lowest BCUT2D eigenvalue weighted by molar-refractivity contribution is 0.0959. The van der Waals surface area contributed by atoms with Crippen molar-refractivity contribution in [3.8, 4) is 0 Å². The normalized spacial score (nSPS) is 10.2. The molecule has 0 unspecified atom stereocenters. The lowest BCUT2D eigenvalue weighted by Crippen LogP contribution is -2.04. The Morgan fingerprint density at radius 3 is 2.62 bits per heavy atom. The van der Waals surface area contributed by atoms with Gasteiger partial charge in [-0.1, -0.05) is 34.8 Å². The predicted octanol–water partition coefficient (Wildman–Crippen LogP) is 3.19. The van der Waals surface area contributed by atoms with Gasteiger partial charge < -0.3 is 0 Å². The first-order chi connectivity index (χ1) is 6.07. The molecule has 0 bridgehead atoms. The molecule has 1 aromatic heterocycles. The third-order valence-corrected chi connectivity index (χ3v) is 2.37. The van der Waals surface area contributed by atoms with Gasteiger partial charge in [-0.3, -0.25) is 4.79 Å². The number of carbonyl (C=O) groups excluding carboxylic acids is 1. The van der Waals surface area contributed by atoms with Crippen LogP contribution in [0.2, 0.25) is 15.2 Å². The van der Waals surface area contributed by atoms with E-state index >= 15 is 0 Å². The molecule has 70 valence electrons. The van der Waals surface area contributed by atoms with Gasteiger partial charge in [-0.2, -0.15) is 0 Å². The van der Waals surface area contributed by atoms with E-state index in [-0.39, 0.29) is 20.8 Å². The maximum atomic E-state index is 12.0. The van der Waals surface area contributed by atoms with Gasteiger partial charge >= 0.3 is 0 Å². The zero-order valence-corrected chi connectivity index (χ0v) is 8.42. The second-order valence-electron chi connectivity index (χ2n) is 2.14. The Bertz CT molecular complexity index is 356. The van der Waals surface area contributed by atoms with Crippen molar-refractivity contribution in [1.82, 2.24) is 4.98 Å². The van der Waals surface area contributed by atoms with Crippen molar-refractivity contribution in [3.05, 3.63) is 27.0 Å². The smallest absolute Gasteiger partial charge is 0.196 e. The molecule has 6 heteroatoms. The molecular formula is C7H3Cl3FNO. The van der Waals surface area contributed by atoms with Gasteiger partial charge in [0.1, 0.15) is 5.15 Å². The van der Waals surface area contributed by atoms with Gasteiger partial charge in [0.2, 0.25) is 0 Å². The van der Waals surface area contributed by atoms with Crippen molar-refractivity contribution >= 4 is 40.6 Å². The third-order valence-electron chi connectivity index (χ3n) is 1.33. The average Bonchev–Trinajstić information content (AvgIpc) is 2.12. The first kappa shape index (κ1) is 10.7. The summed E-state index contributed by atoms with van der Waals surface area (Å²) in [6.07, 6.45) is 1.15. The van der Waals surface area contributed by atoms with E-state index < -0.39 is 12.5 Å². The molecule has 0 spiro atoms. The summed E-state index contributed by atoms with van der Waals surface area (Å²) in [6, 6.07) is 0. The molecule has 1 aromatic rings. The first-order valence-corrected chi connectivity index (χ1v) is 4.30. The summed E-state index contributed by atoms with van der Waals surface area (Å²) >= 11 is 16.7. The second-order valence-corrected chi connectivity index (χ2v) is 3.29. The van der Waals surface area contributed by atoms with E-state index in [1.807, 2.05) is 0 Å². The average molecular weight is 242 g/mol. The lowest BCUT2D eigenvalue weighted by atomic mass is 10.2. The van der Waals surface area contributed by atoms with Gasteiger partial charge in [0.25, 0.3) is 0 Å². The summed E-state index contributed by atoms with van der Waals surface area (Å²) in [7, 11) is 0. The van der Waals surface area contributed by atoms with Crippen molar-refractivity contribution in [2.24, 2.45) is 0 Å². The fraction of sp³-hybridized carbons (Fsp3) is 0.143. The number of ketones is 1. The molecule has 0 fully saturated rings. The molecule has 13 heavy (non-hydrogen) atoms. The number of pyridine rings is 1. The van der Waals surface area contributed by atoms with Crippen LogP contribution in [0.1, 0.15) is 10.4 Å². The highest BCUT2D eigenvalue weighted by Crippen LogP contribution is 2.29. The Hall–Kier alpha value is -0.380. The number of carbonyl (C=O) groups is 1. The molecule has 0 radical (unpaired) electrons. The highest BCUT2D eigenvalue weighted by molar-refractivity contribution is 6.45. The van der Waals surface area contributed by atoms with E-state index in [4.69, 9.17) is 34.8 Å². The minimum Gasteiger partial charge on any atom is -0.291 e. The van der Waals surface area contributed by atoms with Gasteiger partial charge in [-0.15, -0.1) is 0 Å². The number of hydrogen-bond donors (Lipinski definition) is 0. The van der Waals surface area contributed by atoms with Crippen LogP contribution in [0.5, 0.6) is 0 Å². The second kappa shape index (κ2) is 4.22. The molecule has 0 aliphatic carbocycles. The highest BCUT2D eigenvalue weighted by Gasteiger charge is 2.17. The van der Waals surface area contributed by atoms with Crippen LogP contribution in [0.4, 0.5) is 4.39 Å². The monoisotopic (exact) mass is 241 g/mol. The molecule has 1 rings (SSSR count). The van der Waals surface area contributed by atoms with E-state index in [9.17, 15) is 9.18 Å². The van der Waals surface area contributed by atoms with Crippen molar-refractivity contribution in [3.63, 3.8) is 0 Å². The van der Waals surface area contributed by atoms with E-state index in [2.05, 4.69) is 4.98 Å².